The van der Waals surface area contributed by atoms with Crippen molar-refractivity contribution < 1.29 is 17.7 Å². The second kappa shape index (κ2) is 8.46. The molecule has 1 saturated heterocycles. The minimum atomic E-state index is -3.73. The summed E-state index contributed by atoms with van der Waals surface area (Å²) in [6, 6.07) is 8.49. The van der Waals surface area contributed by atoms with E-state index in [1.165, 1.54) is 10.4 Å². The number of aromatic nitrogens is 2. The van der Waals surface area contributed by atoms with E-state index in [1.54, 1.807) is 36.6 Å². The number of amides is 1. The monoisotopic (exact) mass is 466 g/mol. The molecule has 1 atom stereocenters. The van der Waals surface area contributed by atoms with Gasteiger partial charge in [-0.05, 0) is 31.0 Å². The predicted octanol–water partition coefficient (Wildman–Crippen LogP) is 3.80. The summed E-state index contributed by atoms with van der Waals surface area (Å²) in [6.45, 7) is 2.15. The minimum Gasteiger partial charge on any atom is -0.339 e. The smallest absolute Gasteiger partial charge is 0.252 e. The van der Waals surface area contributed by atoms with Crippen molar-refractivity contribution in [2.45, 2.75) is 24.0 Å². The van der Waals surface area contributed by atoms with E-state index in [4.69, 9.17) is 16.1 Å². The number of aryl methyl sites for hydroxylation is 1. The van der Waals surface area contributed by atoms with Gasteiger partial charge in [0, 0.05) is 31.0 Å². The summed E-state index contributed by atoms with van der Waals surface area (Å²) in [5.74, 6) is 0.0612. The lowest BCUT2D eigenvalue weighted by atomic mass is 9.99. The number of nitrogens with one attached hydrogen (secondary N) is 1. The Kier molecular flexibility index (Phi) is 5.92. The van der Waals surface area contributed by atoms with Gasteiger partial charge in [-0.2, -0.15) is 9.29 Å². The molecule has 11 heteroatoms. The third-order valence-electron chi connectivity index (χ3n) is 4.84. The van der Waals surface area contributed by atoms with Crippen LogP contribution in [0.25, 0.3) is 11.4 Å². The minimum absolute atomic E-state index is 0.118. The highest BCUT2D eigenvalue weighted by atomic mass is 35.5. The first-order valence-corrected chi connectivity index (χ1v) is 12.0. The van der Waals surface area contributed by atoms with E-state index >= 15 is 0 Å². The van der Waals surface area contributed by atoms with Crippen LogP contribution in [0.4, 0.5) is 5.69 Å². The fourth-order valence-corrected chi connectivity index (χ4v) is 6.30. The number of anilines is 1. The first kappa shape index (κ1) is 21.0. The standard InChI is InChI=1S/C19H19ClN4O4S2/c1-12-21-18(23-28-12)14-9-17(29-11-14)30(26,27)24-8-4-5-13(10-24)19(25)22-16-7-3-2-6-15(16)20/h2-3,6-7,9,11,13H,4-5,8,10H2,1H3,(H,22,25)/t13-/m0/s1. The molecule has 4 rings (SSSR count). The van der Waals surface area contributed by atoms with Gasteiger partial charge in [0.1, 0.15) is 4.21 Å². The summed E-state index contributed by atoms with van der Waals surface area (Å²) >= 11 is 7.21. The van der Waals surface area contributed by atoms with Crippen molar-refractivity contribution in [2.24, 2.45) is 5.92 Å². The fraction of sp³-hybridized carbons (Fsp3) is 0.316. The van der Waals surface area contributed by atoms with Crippen molar-refractivity contribution in [3.63, 3.8) is 0 Å². The van der Waals surface area contributed by atoms with Crippen LogP contribution in [0.2, 0.25) is 5.02 Å². The summed E-state index contributed by atoms with van der Waals surface area (Å²) in [4.78, 5) is 16.8. The fourth-order valence-electron chi connectivity index (χ4n) is 3.28. The number of carbonyl (C=O) groups excluding carboxylic acids is 1. The van der Waals surface area contributed by atoms with Crippen molar-refractivity contribution in [3.8, 4) is 11.4 Å². The third-order valence-corrected chi connectivity index (χ3v) is 8.45. The van der Waals surface area contributed by atoms with Crippen molar-refractivity contribution in [1.29, 1.82) is 0 Å². The maximum atomic E-state index is 13.1. The Balaban J connectivity index is 1.49. The second-order valence-corrected chi connectivity index (χ2v) is 10.4. The van der Waals surface area contributed by atoms with E-state index in [0.717, 1.165) is 11.3 Å². The lowest BCUT2D eigenvalue weighted by Crippen LogP contribution is -2.43. The molecular weight excluding hydrogens is 448 g/mol. The van der Waals surface area contributed by atoms with Crippen molar-refractivity contribution >= 4 is 44.6 Å². The van der Waals surface area contributed by atoms with Crippen LogP contribution in [0.1, 0.15) is 18.7 Å². The number of thiophene rings is 1. The molecule has 1 fully saturated rings. The maximum Gasteiger partial charge on any atom is 0.252 e. The van der Waals surface area contributed by atoms with Crippen LogP contribution in [0, 0.1) is 12.8 Å². The number of nitrogens with zero attached hydrogens (tertiary/aromatic N) is 3. The number of para-hydroxylation sites is 1. The number of piperidine rings is 1. The number of hydrogen-bond donors (Lipinski definition) is 1. The summed E-state index contributed by atoms with van der Waals surface area (Å²) < 4.78 is 32.8. The quantitative estimate of drug-likeness (QED) is 0.613. The first-order chi connectivity index (χ1) is 14.3. The zero-order valence-corrected chi connectivity index (χ0v) is 18.4. The summed E-state index contributed by atoms with van der Waals surface area (Å²) in [5, 5.41) is 8.75. The van der Waals surface area contributed by atoms with Crippen LogP contribution in [-0.4, -0.2) is 41.9 Å². The Morgan fingerprint density at radius 3 is 2.90 bits per heavy atom. The van der Waals surface area contributed by atoms with Gasteiger partial charge in [-0.15, -0.1) is 11.3 Å². The van der Waals surface area contributed by atoms with Crippen molar-refractivity contribution in [1.82, 2.24) is 14.4 Å². The molecule has 1 aliphatic rings. The molecule has 3 heterocycles. The van der Waals surface area contributed by atoms with Gasteiger partial charge in [-0.25, -0.2) is 8.42 Å². The number of hydrogen-bond acceptors (Lipinski definition) is 7. The molecule has 0 unspecified atom stereocenters. The molecule has 2 aromatic heterocycles. The molecular formula is C19H19ClN4O4S2. The van der Waals surface area contributed by atoms with Crippen LogP contribution < -0.4 is 5.32 Å². The molecule has 1 aromatic carbocycles. The number of sulfonamides is 1. The predicted molar refractivity (Wildman–Crippen MR) is 114 cm³/mol. The van der Waals surface area contributed by atoms with Crippen molar-refractivity contribution in [2.75, 3.05) is 18.4 Å². The molecule has 0 bridgehead atoms. The van der Waals surface area contributed by atoms with Gasteiger partial charge in [0.25, 0.3) is 10.0 Å². The van der Waals surface area contributed by atoms with Gasteiger partial charge in [0.05, 0.1) is 16.6 Å². The van der Waals surface area contributed by atoms with Crippen LogP contribution in [0.5, 0.6) is 0 Å². The zero-order chi connectivity index (χ0) is 21.3. The van der Waals surface area contributed by atoms with E-state index in [-0.39, 0.29) is 16.7 Å². The van der Waals surface area contributed by atoms with E-state index in [1.807, 2.05) is 0 Å². The van der Waals surface area contributed by atoms with Gasteiger partial charge in [0.15, 0.2) is 0 Å². The Bertz CT molecular complexity index is 1170. The van der Waals surface area contributed by atoms with E-state index in [9.17, 15) is 13.2 Å². The largest absolute Gasteiger partial charge is 0.339 e. The molecule has 0 spiro atoms. The highest BCUT2D eigenvalue weighted by molar-refractivity contribution is 7.91. The highest BCUT2D eigenvalue weighted by Crippen LogP contribution is 2.31. The molecule has 158 valence electrons. The summed E-state index contributed by atoms with van der Waals surface area (Å²) in [7, 11) is -3.73. The lowest BCUT2D eigenvalue weighted by molar-refractivity contribution is -0.120. The van der Waals surface area contributed by atoms with E-state index < -0.39 is 15.9 Å². The van der Waals surface area contributed by atoms with E-state index in [2.05, 4.69) is 15.5 Å². The first-order valence-electron chi connectivity index (χ1n) is 9.29. The van der Waals surface area contributed by atoms with Crippen molar-refractivity contribution in [3.05, 3.63) is 46.6 Å². The van der Waals surface area contributed by atoms with Gasteiger partial charge >= 0.3 is 0 Å². The van der Waals surface area contributed by atoms with Crippen LogP contribution in [0.3, 0.4) is 0 Å². The molecule has 0 aliphatic carbocycles. The SMILES string of the molecule is Cc1nc(-c2csc(S(=O)(=O)N3CCC[C@H](C(=O)Nc4ccccc4Cl)C3)c2)no1. The maximum absolute atomic E-state index is 13.1. The number of rotatable bonds is 5. The van der Waals surface area contributed by atoms with E-state index in [0.29, 0.717) is 47.4 Å². The Morgan fingerprint density at radius 1 is 1.37 bits per heavy atom. The van der Waals surface area contributed by atoms with Crippen LogP contribution in [0.15, 0.2) is 44.4 Å². The van der Waals surface area contributed by atoms with Gasteiger partial charge < -0.3 is 9.84 Å². The molecule has 3 aromatic rings. The average Bonchev–Trinajstić information content (AvgIpc) is 3.39. The van der Waals surface area contributed by atoms with Gasteiger partial charge in [-0.1, -0.05) is 28.9 Å². The lowest BCUT2D eigenvalue weighted by Gasteiger charge is -2.30. The van der Waals surface area contributed by atoms with Crippen LogP contribution in [-0.2, 0) is 14.8 Å². The number of carbonyl (C=O) groups is 1. The topological polar surface area (TPSA) is 105 Å². The molecule has 1 amide bonds. The Hall–Kier alpha value is -2.27. The van der Waals surface area contributed by atoms with Gasteiger partial charge in [-0.3, -0.25) is 4.79 Å². The zero-order valence-electron chi connectivity index (χ0n) is 16.0. The molecule has 1 N–H and O–H groups in total. The molecule has 0 saturated carbocycles. The Labute approximate surface area is 182 Å². The number of benzene rings is 1. The van der Waals surface area contributed by atoms with Gasteiger partial charge in [0.2, 0.25) is 17.6 Å². The second-order valence-electron chi connectivity index (χ2n) is 6.96. The highest BCUT2D eigenvalue weighted by Gasteiger charge is 2.34. The normalized spacial score (nSPS) is 17.7. The van der Waals surface area contributed by atoms with Crippen LogP contribution >= 0.6 is 22.9 Å². The summed E-state index contributed by atoms with van der Waals surface area (Å²) in [6.07, 6.45) is 1.21. The molecule has 30 heavy (non-hydrogen) atoms. The Morgan fingerprint density at radius 2 is 2.17 bits per heavy atom. The third kappa shape index (κ3) is 4.27. The molecule has 8 nitrogen and oxygen atoms in total. The average molecular weight is 467 g/mol. The summed E-state index contributed by atoms with van der Waals surface area (Å²) in [5.41, 5.74) is 1.10. The molecule has 1 aliphatic heterocycles. The molecule has 0 radical (unpaired) electrons. The number of halogens is 1.